The summed E-state index contributed by atoms with van der Waals surface area (Å²) in [6.45, 7) is 0.170. The average Bonchev–Trinajstić information content (AvgIpc) is 2.83. The summed E-state index contributed by atoms with van der Waals surface area (Å²) in [5.41, 5.74) is 0. The Morgan fingerprint density at radius 1 is 1.30 bits per heavy atom. The molecule has 0 heterocycles. The Kier molecular flexibility index (Phi) is 7.12. The van der Waals surface area contributed by atoms with E-state index in [0.29, 0.717) is 25.6 Å². The van der Waals surface area contributed by atoms with Crippen molar-refractivity contribution < 1.29 is 13.2 Å². The number of aliphatic imine (C=N–C) groups is 1. The first-order chi connectivity index (χ1) is 9.40. The summed E-state index contributed by atoms with van der Waals surface area (Å²) >= 11 is 0. The van der Waals surface area contributed by atoms with Crippen molar-refractivity contribution in [2.24, 2.45) is 4.99 Å². The fraction of sp³-hybridized carbons (Fsp3) is 0.923. The number of rotatable bonds is 6. The number of alkyl halides is 3. The van der Waals surface area contributed by atoms with Crippen LogP contribution in [0.4, 0.5) is 13.2 Å². The highest BCUT2D eigenvalue weighted by atomic mass is 19.4. The molecule has 1 fully saturated rings. The molecule has 0 amide bonds. The molecule has 1 aliphatic rings. The molecule has 1 aliphatic carbocycles. The van der Waals surface area contributed by atoms with Gasteiger partial charge in [-0.1, -0.05) is 12.8 Å². The van der Waals surface area contributed by atoms with Crippen molar-refractivity contribution >= 4 is 5.96 Å². The molecule has 2 N–H and O–H groups in total. The van der Waals surface area contributed by atoms with Crippen LogP contribution in [0.3, 0.4) is 0 Å². The number of halogens is 3. The van der Waals surface area contributed by atoms with E-state index in [2.05, 4.69) is 15.6 Å². The zero-order chi connectivity index (χ0) is 15.0. The normalized spacial score (nSPS) is 17.8. The van der Waals surface area contributed by atoms with Gasteiger partial charge in [-0.2, -0.15) is 13.2 Å². The molecule has 4 nitrogen and oxygen atoms in total. The molecule has 0 spiro atoms. The standard InChI is InChI=1S/C13H25F3N4/c1-17-12(19-11-6-3-4-7-11)18-8-5-9-20(2)10-13(14,15)16/h11H,3-10H2,1-2H3,(H2,17,18,19). The van der Waals surface area contributed by atoms with Crippen LogP contribution in [-0.4, -0.2) is 56.8 Å². The van der Waals surface area contributed by atoms with Crippen molar-refractivity contribution in [2.45, 2.75) is 44.3 Å². The van der Waals surface area contributed by atoms with Gasteiger partial charge in [-0.25, -0.2) is 0 Å². The van der Waals surface area contributed by atoms with E-state index >= 15 is 0 Å². The summed E-state index contributed by atoms with van der Waals surface area (Å²) in [7, 11) is 3.19. The van der Waals surface area contributed by atoms with E-state index in [0.717, 1.165) is 18.8 Å². The van der Waals surface area contributed by atoms with Crippen molar-refractivity contribution in [3.05, 3.63) is 0 Å². The molecule has 1 saturated carbocycles. The van der Waals surface area contributed by atoms with Gasteiger partial charge in [-0.3, -0.25) is 9.89 Å². The van der Waals surface area contributed by atoms with E-state index in [4.69, 9.17) is 0 Å². The van der Waals surface area contributed by atoms with Crippen LogP contribution in [0.25, 0.3) is 0 Å². The quantitative estimate of drug-likeness (QED) is 0.447. The Morgan fingerprint density at radius 3 is 2.50 bits per heavy atom. The third-order valence-corrected chi connectivity index (χ3v) is 3.38. The maximum absolute atomic E-state index is 12.1. The highest BCUT2D eigenvalue weighted by molar-refractivity contribution is 5.79. The number of nitrogens with zero attached hydrogens (tertiary/aromatic N) is 2. The van der Waals surface area contributed by atoms with Crippen molar-refractivity contribution in [3.8, 4) is 0 Å². The lowest BCUT2D eigenvalue weighted by Gasteiger charge is -2.20. The number of hydrogen-bond donors (Lipinski definition) is 2. The topological polar surface area (TPSA) is 39.7 Å². The van der Waals surface area contributed by atoms with Crippen LogP contribution in [0.15, 0.2) is 4.99 Å². The Bertz CT molecular complexity index is 298. The van der Waals surface area contributed by atoms with Crippen LogP contribution < -0.4 is 10.6 Å². The highest BCUT2D eigenvalue weighted by Crippen LogP contribution is 2.17. The monoisotopic (exact) mass is 294 g/mol. The molecule has 0 bridgehead atoms. The van der Waals surface area contributed by atoms with Crippen LogP contribution in [0.5, 0.6) is 0 Å². The summed E-state index contributed by atoms with van der Waals surface area (Å²) < 4.78 is 36.4. The van der Waals surface area contributed by atoms with Crippen molar-refractivity contribution in [2.75, 3.05) is 33.7 Å². The second kappa shape index (κ2) is 8.34. The molecule has 118 valence electrons. The minimum Gasteiger partial charge on any atom is -0.356 e. The molecule has 0 unspecified atom stereocenters. The second-order valence-electron chi connectivity index (χ2n) is 5.33. The van der Waals surface area contributed by atoms with Gasteiger partial charge in [0.2, 0.25) is 0 Å². The van der Waals surface area contributed by atoms with Gasteiger partial charge in [0.25, 0.3) is 0 Å². The van der Waals surface area contributed by atoms with E-state index < -0.39 is 12.7 Å². The first kappa shape index (κ1) is 17.1. The minimum atomic E-state index is -4.12. The van der Waals surface area contributed by atoms with E-state index in [9.17, 15) is 13.2 Å². The lowest BCUT2D eigenvalue weighted by molar-refractivity contribution is -0.143. The molecule has 0 saturated heterocycles. The van der Waals surface area contributed by atoms with Gasteiger partial charge in [0.1, 0.15) is 0 Å². The van der Waals surface area contributed by atoms with Crippen molar-refractivity contribution in [1.82, 2.24) is 15.5 Å². The van der Waals surface area contributed by atoms with Gasteiger partial charge < -0.3 is 10.6 Å². The smallest absolute Gasteiger partial charge is 0.356 e. The van der Waals surface area contributed by atoms with E-state index in [1.807, 2.05) is 0 Å². The van der Waals surface area contributed by atoms with Crippen molar-refractivity contribution in [1.29, 1.82) is 0 Å². The highest BCUT2D eigenvalue weighted by Gasteiger charge is 2.28. The molecule has 0 radical (unpaired) electrons. The van der Waals surface area contributed by atoms with Gasteiger partial charge in [0.05, 0.1) is 6.54 Å². The SMILES string of the molecule is CN=C(NCCCN(C)CC(F)(F)F)NC1CCCC1. The molecule has 0 aliphatic heterocycles. The van der Waals surface area contributed by atoms with Crippen LogP contribution >= 0.6 is 0 Å². The van der Waals surface area contributed by atoms with Gasteiger partial charge in [0.15, 0.2) is 5.96 Å². The number of nitrogens with one attached hydrogen (secondary N) is 2. The van der Waals surface area contributed by atoms with Crippen molar-refractivity contribution in [3.63, 3.8) is 0 Å². The zero-order valence-electron chi connectivity index (χ0n) is 12.3. The first-order valence-electron chi connectivity index (χ1n) is 7.13. The summed E-state index contributed by atoms with van der Waals surface area (Å²) in [5, 5.41) is 6.48. The molecule has 0 aromatic heterocycles. The van der Waals surface area contributed by atoms with E-state index in [-0.39, 0.29) is 0 Å². The molecule has 20 heavy (non-hydrogen) atoms. The maximum atomic E-state index is 12.1. The summed E-state index contributed by atoms with van der Waals surface area (Å²) in [5.74, 6) is 0.746. The Morgan fingerprint density at radius 2 is 1.95 bits per heavy atom. The summed E-state index contributed by atoms with van der Waals surface area (Å²) in [4.78, 5) is 5.41. The van der Waals surface area contributed by atoms with Gasteiger partial charge >= 0.3 is 6.18 Å². The molecule has 0 aromatic carbocycles. The Balaban J connectivity index is 2.12. The molecule has 1 rings (SSSR count). The number of guanidine groups is 1. The van der Waals surface area contributed by atoms with Gasteiger partial charge in [-0.05, 0) is 32.9 Å². The summed E-state index contributed by atoms with van der Waals surface area (Å²) in [6, 6.07) is 0.481. The largest absolute Gasteiger partial charge is 0.401 e. The number of hydrogen-bond acceptors (Lipinski definition) is 2. The molecule has 0 aromatic rings. The Labute approximate surface area is 118 Å². The van der Waals surface area contributed by atoms with Crippen LogP contribution in [0.1, 0.15) is 32.1 Å². The third-order valence-electron chi connectivity index (χ3n) is 3.38. The second-order valence-corrected chi connectivity index (χ2v) is 5.33. The van der Waals surface area contributed by atoms with Crippen LogP contribution in [0, 0.1) is 0 Å². The lowest BCUT2D eigenvalue weighted by atomic mass is 10.2. The Hall–Kier alpha value is -0.980. The van der Waals surface area contributed by atoms with Crippen LogP contribution in [-0.2, 0) is 0 Å². The third kappa shape index (κ3) is 7.57. The molecular weight excluding hydrogens is 269 g/mol. The van der Waals surface area contributed by atoms with Gasteiger partial charge in [0, 0.05) is 19.6 Å². The summed E-state index contributed by atoms with van der Waals surface area (Å²) in [6.07, 6.45) is 1.35. The average molecular weight is 294 g/mol. The fourth-order valence-corrected chi connectivity index (χ4v) is 2.40. The fourth-order valence-electron chi connectivity index (χ4n) is 2.40. The lowest BCUT2D eigenvalue weighted by Crippen LogP contribution is -2.43. The molecule has 7 heteroatoms. The molecule has 0 atom stereocenters. The first-order valence-corrected chi connectivity index (χ1v) is 7.13. The van der Waals surface area contributed by atoms with Gasteiger partial charge in [-0.15, -0.1) is 0 Å². The van der Waals surface area contributed by atoms with Crippen LogP contribution in [0.2, 0.25) is 0 Å². The maximum Gasteiger partial charge on any atom is 0.401 e. The molecular formula is C13H25F3N4. The minimum absolute atomic E-state index is 0.410. The zero-order valence-corrected chi connectivity index (χ0v) is 12.3. The predicted octanol–water partition coefficient (Wildman–Crippen LogP) is 1.98. The van der Waals surface area contributed by atoms with E-state index in [1.165, 1.54) is 24.8 Å². The predicted molar refractivity (Wildman–Crippen MR) is 74.9 cm³/mol. The van der Waals surface area contributed by atoms with E-state index in [1.54, 1.807) is 7.05 Å².